The van der Waals surface area contributed by atoms with Crippen molar-refractivity contribution in [1.82, 2.24) is 4.98 Å². The summed E-state index contributed by atoms with van der Waals surface area (Å²) in [6.07, 6.45) is 0. The van der Waals surface area contributed by atoms with Crippen LogP contribution >= 0.6 is 0 Å². The molecule has 0 atom stereocenters. The van der Waals surface area contributed by atoms with Crippen molar-refractivity contribution in [3.05, 3.63) is 54.6 Å². The number of hydrogen-bond acceptors (Lipinski definition) is 9. The van der Waals surface area contributed by atoms with Crippen LogP contribution in [0, 0.1) is 0 Å². The summed E-state index contributed by atoms with van der Waals surface area (Å²) in [5.41, 5.74) is 14.6. The largest absolute Gasteiger partial charge is 0.494 e. The minimum atomic E-state index is -4.75. The predicted molar refractivity (Wildman–Crippen MR) is 126 cm³/mol. The topological polar surface area (TPSA) is 194 Å². The van der Waals surface area contributed by atoms with Gasteiger partial charge in [-0.3, -0.25) is 4.55 Å². The number of pyridine rings is 1. The lowest BCUT2D eigenvalue weighted by molar-refractivity contribution is 0.340. The van der Waals surface area contributed by atoms with Crippen molar-refractivity contribution >= 4 is 55.0 Å². The van der Waals surface area contributed by atoms with Gasteiger partial charge in [0, 0.05) is 22.5 Å². The predicted octanol–water partition coefficient (Wildman–Crippen LogP) is 3.72. The summed E-state index contributed by atoms with van der Waals surface area (Å²) in [5, 5.41) is 9.67. The zero-order valence-corrected chi connectivity index (χ0v) is 18.2. The van der Waals surface area contributed by atoms with E-state index in [1.165, 1.54) is 18.2 Å². The van der Waals surface area contributed by atoms with Crippen molar-refractivity contribution in [2.45, 2.75) is 6.92 Å². The van der Waals surface area contributed by atoms with Crippen LogP contribution in [-0.2, 0) is 10.4 Å². The molecule has 3 aromatic carbocycles. The second-order valence-corrected chi connectivity index (χ2v) is 7.80. The molecule has 0 aliphatic carbocycles. The van der Waals surface area contributed by atoms with Crippen LogP contribution in [0.25, 0.3) is 21.8 Å². The number of fused-ring (bicyclic) bond motifs is 2. The summed E-state index contributed by atoms with van der Waals surface area (Å²) in [6.45, 7) is 2.45. The van der Waals surface area contributed by atoms with E-state index in [1.54, 1.807) is 18.2 Å². The SMILES string of the molecule is CCOc1ccc2nc3cc(N=Nc4ccc(N)cc4OS(=O)(=O)O)ccc3c(N)c2c1.O. The van der Waals surface area contributed by atoms with Gasteiger partial charge in [0.1, 0.15) is 11.4 Å². The number of anilines is 2. The zero-order chi connectivity index (χ0) is 22.9. The molecule has 4 aromatic rings. The van der Waals surface area contributed by atoms with E-state index in [4.69, 9.17) is 20.8 Å². The molecule has 0 spiro atoms. The summed E-state index contributed by atoms with van der Waals surface area (Å²) < 4.78 is 41.2. The van der Waals surface area contributed by atoms with Gasteiger partial charge in [0.25, 0.3) is 0 Å². The van der Waals surface area contributed by atoms with Gasteiger partial charge in [-0.2, -0.15) is 13.5 Å². The standard InChI is InChI=1S/C21H19N5O5S.H2O/c1-2-30-14-5-8-17-16(11-14)21(23)15-6-4-13(10-19(15)24-17)25-26-18-7-3-12(22)9-20(18)31-32(27,28)29;/h3-11H,2,22H2,1H3,(H2,23,24)(H,27,28,29);1H2. The summed E-state index contributed by atoms with van der Waals surface area (Å²) in [5.74, 6) is 0.459. The van der Waals surface area contributed by atoms with Crippen molar-refractivity contribution < 1.29 is 27.4 Å². The van der Waals surface area contributed by atoms with Crippen LogP contribution in [0.3, 0.4) is 0 Å². The first-order valence-corrected chi connectivity index (χ1v) is 10.8. The Morgan fingerprint density at radius 2 is 1.76 bits per heavy atom. The Balaban J connectivity index is 0.00000306. The lowest BCUT2D eigenvalue weighted by Gasteiger charge is -2.09. The Labute approximate surface area is 188 Å². The summed E-state index contributed by atoms with van der Waals surface area (Å²) in [7, 11) is -4.75. The van der Waals surface area contributed by atoms with E-state index in [9.17, 15) is 8.42 Å². The van der Waals surface area contributed by atoms with E-state index in [0.29, 0.717) is 34.8 Å². The normalized spacial score (nSPS) is 11.6. The average molecular weight is 471 g/mol. The van der Waals surface area contributed by atoms with Crippen molar-refractivity contribution in [3.63, 3.8) is 0 Å². The van der Waals surface area contributed by atoms with Crippen LogP contribution in [0.4, 0.5) is 22.7 Å². The second-order valence-electron chi connectivity index (χ2n) is 6.78. The molecule has 0 aliphatic heterocycles. The first kappa shape index (κ1) is 23.7. The number of hydrogen-bond donors (Lipinski definition) is 3. The number of rotatable bonds is 6. The molecule has 0 radical (unpaired) electrons. The van der Waals surface area contributed by atoms with E-state index in [2.05, 4.69) is 19.4 Å². The van der Waals surface area contributed by atoms with Gasteiger partial charge in [-0.25, -0.2) is 4.98 Å². The summed E-state index contributed by atoms with van der Waals surface area (Å²) in [6, 6.07) is 14.8. The maximum absolute atomic E-state index is 11.1. The molecule has 11 nitrogen and oxygen atoms in total. The second kappa shape index (κ2) is 9.24. The van der Waals surface area contributed by atoms with E-state index in [1.807, 2.05) is 25.1 Å². The summed E-state index contributed by atoms with van der Waals surface area (Å²) >= 11 is 0. The third-order valence-corrected chi connectivity index (χ3v) is 4.92. The van der Waals surface area contributed by atoms with Gasteiger partial charge in [0.05, 0.1) is 29.0 Å². The number of ether oxygens (including phenoxy) is 1. The van der Waals surface area contributed by atoms with Crippen LogP contribution in [0.15, 0.2) is 64.8 Å². The number of nitrogens with zero attached hydrogens (tertiary/aromatic N) is 3. The molecule has 1 heterocycles. The van der Waals surface area contributed by atoms with Gasteiger partial charge >= 0.3 is 10.4 Å². The van der Waals surface area contributed by atoms with Gasteiger partial charge in [-0.15, -0.1) is 5.11 Å². The van der Waals surface area contributed by atoms with E-state index in [0.717, 1.165) is 10.8 Å². The molecule has 0 bridgehead atoms. The molecule has 33 heavy (non-hydrogen) atoms. The fourth-order valence-corrected chi connectivity index (χ4v) is 3.53. The number of nitrogen functional groups attached to an aromatic ring is 2. The Kier molecular flexibility index (Phi) is 6.62. The number of azo groups is 1. The van der Waals surface area contributed by atoms with Gasteiger partial charge in [-0.05, 0) is 55.5 Å². The van der Waals surface area contributed by atoms with Gasteiger partial charge < -0.3 is 25.9 Å². The minimum absolute atomic E-state index is 0. The van der Waals surface area contributed by atoms with Gasteiger partial charge in [0.15, 0.2) is 5.75 Å². The molecule has 0 unspecified atom stereocenters. The number of nitrogens with two attached hydrogens (primary N) is 2. The molecule has 0 saturated carbocycles. The molecule has 0 saturated heterocycles. The lowest BCUT2D eigenvalue weighted by Crippen LogP contribution is -2.07. The molecule has 12 heteroatoms. The van der Waals surface area contributed by atoms with Crippen molar-refractivity contribution in [2.24, 2.45) is 10.2 Å². The Morgan fingerprint density at radius 3 is 2.48 bits per heavy atom. The van der Waals surface area contributed by atoms with Crippen molar-refractivity contribution in [2.75, 3.05) is 18.1 Å². The van der Waals surface area contributed by atoms with Crippen LogP contribution < -0.4 is 20.4 Å². The van der Waals surface area contributed by atoms with Crippen LogP contribution in [0.2, 0.25) is 0 Å². The highest BCUT2D eigenvalue weighted by molar-refractivity contribution is 7.81. The Bertz CT molecular complexity index is 1470. The monoisotopic (exact) mass is 471 g/mol. The maximum atomic E-state index is 11.1. The third kappa shape index (κ3) is 5.26. The Morgan fingerprint density at radius 1 is 0.970 bits per heavy atom. The molecular formula is C21H21N5O6S. The molecular weight excluding hydrogens is 450 g/mol. The molecule has 0 aliphatic rings. The highest BCUT2D eigenvalue weighted by Crippen LogP contribution is 2.35. The molecule has 7 N–H and O–H groups in total. The third-order valence-electron chi connectivity index (χ3n) is 4.53. The van der Waals surface area contributed by atoms with Crippen LogP contribution in [-0.4, -0.2) is 30.0 Å². The average Bonchev–Trinajstić information content (AvgIpc) is 2.73. The number of benzene rings is 3. The summed E-state index contributed by atoms with van der Waals surface area (Å²) in [4.78, 5) is 4.64. The van der Waals surface area contributed by atoms with Gasteiger partial charge in [-0.1, -0.05) is 0 Å². The molecule has 172 valence electrons. The first-order chi connectivity index (χ1) is 15.2. The zero-order valence-electron chi connectivity index (χ0n) is 17.4. The lowest BCUT2D eigenvalue weighted by atomic mass is 10.1. The molecule has 0 amide bonds. The fourth-order valence-electron chi connectivity index (χ4n) is 3.17. The number of aromatic nitrogens is 1. The van der Waals surface area contributed by atoms with Crippen LogP contribution in [0.5, 0.6) is 11.5 Å². The van der Waals surface area contributed by atoms with E-state index >= 15 is 0 Å². The fraction of sp³-hybridized carbons (Fsp3) is 0.0952. The molecule has 4 rings (SSSR count). The minimum Gasteiger partial charge on any atom is -0.494 e. The van der Waals surface area contributed by atoms with Crippen molar-refractivity contribution in [1.29, 1.82) is 0 Å². The van der Waals surface area contributed by atoms with Crippen LogP contribution in [0.1, 0.15) is 6.92 Å². The maximum Gasteiger partial charge on any atom is 0.446 e. The highest BCUT2D eigenvalue weighted by atomic mass is 32.3. The van der Waals surface area contributed by atoms with Gasteiger partial charge in [0.2, 0.25) is 0 Å². The van der Waals surface area contributed by atoms with Crippen molar-refractivity contribution in [3.8, 4) is 11.5 Å². The first-order valence-electron chi connectivity index (χ1n) is 9.47. The molecule has 0 fully saturated rings. The highest BCUT2D eigenvalue weighted by Gasteiger charge is 2.13. The van der Waals surface area contributed by atoms with E-state index in [-0.39, 0.29) is 22.6 Å². The quantitative estimate of drug-likeness (QED) is 0.164. The smallest absolute Gasteiger partial charge is 0.446 e. The Hall–Kier alpha value is -4.00. The van der Waals surface area contributed by atoms with E-state index < -0.39 is 10.4 Å². The molecule has 1 aromatic heterocycles.